The van der Waals surface area contributed by atoms with E-state index in [9.17, 15) is 15.0 Å². The summed E-state index contributed by atoms with van der Waals surface area (Å²) in [6, 6.07) is -1.42. The normalized spacial score (nSPS) is 38.7. The maximum atomic E-state index is 12.6. The number of hydrogen-bond acceptors (Lipinski definition) is 11. The van der Waals surface area contributed by atoms with Crippen LogP contribution in [-0.4, -0.2) is 105 Å². The predicted octanol–water partition coefficient (Wildman–Crippen LogP) is -0.576. The zero-order valence-electron chi connectivity index (χ0n) is 24.0. The zero-order valence-corrected chi connectivity index (χ0v) is 24.0. The summed E-state index contributed by atoms with van der Waals surface area (Å²) in [7, 11) is 1.78. The van der Waals surface area contributed by atoms with Crippen LogP contribution in [0.5, 0.6) is 0 Å². The summed E-state index contributed by atoms with van der Waals surface area (Å²) in [5, 5.41) is 32.1. The number of amides is 1. The van der Waals surface area contributed by atoms with Crippen LogP contribution in [0.25, 0.3) is 0 Å². The van der Waals surface area contributed by atoms with E-state index in [0.717, 1.165) is 24.6 Å². The van der Waals surface area contributed by atoms with Crippen molar-refractivity contribution in [2.45, 2.75) is 113 Å². The second-order valence-corrected chi connectivity index (χ2v) is 11.9. The second-order valence-electron chi connectivity index (χ2n) is 11.9. The molecule has 4 rings (SSSR count). The van der Waals surface area contributed by atoms with E-state index in [-0.39, 0.29) is 24.3 Å². The van der Waals surface area contributed by atoms with Crippen molar-refractivity contribution in [2.24, 2.45) is 23.3 Å². The van der Waals surface area contributed by atoms with E-state index >= 15 is 0 Å². The summed E-state index contributed by atoms with van der Waals surface area (Å²) in [6.45, 7) is 4.38. The van der Waals surface area contributed by atoms with Crippen LogP contribution in [0, 0.1) is 11.8 Å². The van der Waals surface area contributed by atoms with E-state index in [1.54, 1.807) is 7.05 Å². The van der Waals surface area contributed by atoms with Gasteiger partial charge in [-0.1, -0.05) is 13.3 Å². The molecule has 0 unspecified atom stereocenters. The Hall–Kier alpha value is -1.35. The molecule has 40 heavy (non-hydrogen) atoms. The minimum atomic E-state index is -1.19. The number of nitrogens with two attached hydrogens (primary N) is 2. The molecule has 0 bridgehead atoms. The molecule has 4 aliphatic rings. The van der Waals surface area contributed by atoms with Gasteiger partial charge in [-0.15, -0.1) is 0 Å². The van der Waals surface area contributed by atoms with Crippen LogP contribution < -0.4 is 27.4 Å². The van der Waals surface area contributed by atoms with Crippen molar-refractivity contribution in [1.82, 2.24) is 16.0 Å². The lowest BCUT2D eigenvalue weighted by molar-refractivity contribution is -0.286. The van der Waals surface area contributed by atoms with Gasteiger partial charge in [-0.3, -0.25) is 4.79 Å². The Bertz CT molecular complexity index is 831. The highest BCUT2D eigenvalue weighted by Gasteiger charge is 2.49. The highest BCUT2D eigenvalue weighted by atomic mass is 16.7. The average molecular weight is 570 g/mol. The maximum Gasteiger partial charge on any atom is 0.220 e. The van der Waals surface area contributed by atoms with Crippen LogP contribution in [0.4, 0.5) is 0 Å². The number of carbonyl (C=O) groups excluding carboxylic acids is 1. The Morgan fingerprint density at radius 3 is 2.67 bits per heavy atom. The molecule has 1 amide bonds. The number of likely N-dealkylation sites (N-methyl/N-ethyl adjacent to an activating group) is 1. The number of rotatable bonds is 13. The van der Waals surface area contributed by atoms with Crippen molar-refractivity contribution >= 4 is 5.91 Å². The fraction of sp³-hybridized carbons (Fsp3) is 0.893. The Morgan fingerprint density at radius 2 is 1.98 bits per heavy atom. The molecule has 230 valence electrons. The molecule has 2 aliphatic heterocycles. The van der Waals surface area contributed by atoms with Gasteiger partial charge in [0.05, 0.1) is 19.2 Å². The topological polar surface area (TPSA) is 183 Å². The molecular formula is C28H51N5O7. The molecule has 0 aromatic rings. The second kappa shape index (κ2) is 15.2. The van der Waals surface area contributed by atoms with E-state index in [1.165, 1.54) is 19.3 Å². The third-order valence-corrected chi connectivity index (χ3v) is 8.70. The molecule has 0 aromatic heterocycles. The van der Waals surface area contributed by atoms with Crippen molar-refractivity contribution in [3.63, 3.8) is 0 Å². The van der Waals surface area contributed by atoms with E-state index in [0.29, 0.717) is 39.0 Å². The third kappa shape index (κ3) is 8.14. The van der Waals surface area contributed by atoms with Crippen LogP contribution in [0.2, 0.25) is 0 Å². The van der Waals surface area contributed by atoms with E-state index < -0.39 is 49.1 Å². The lowest BCUT2D eigenvalue weighted by Crippen LogP contribution is -2.67. The van der Waals surface area contributed by atoms with Crippen molar-refractivity contribution in [3.8, 4) is 0 Å². The van der Waals surface area contributed by atoms with Gasteiger partial charge >= 0.3 is 0 Å². The number of aliphatic hydroxyl groups excluding tert-OH is 2. The predicted molar refractivity (Wildman–Crippen MR) is 149 cm³/mol. The first-order chi connectivity index (χ1) is 19.3. The molecule has 10 atom stereocenters. The minimum absolute atomic E-state index is 0.0707. The fourth-order valence-electron chi connectivity index (χ4n) is 6.10. The summed E-state index contributed by atoms with van der Waals surface area (Å²) < 4.78 is 24.5. The van der Waals surface area contributed by atoms with E-state index in [1.807, 2.05) is 6.92 Å². The molecule has 1 saturated heterocycles. The molecule has 2 saturated carbocycles. The Labute approximate surface area is 237 Å². The van der Waals surface area contributed by atoms with Crippen molar-refractivity contribution in [1.29, 1.82) is 0 Å². The van der Waals surface area contributed by atoms with Gasteiger partial charge < -0.3 is 56.6 Å². The third-order valence-electron chi connectivity index (χ3n) is 8.70. The number of ether oxygens (including phenoxy) is 4. The molecular weight excluding hydrogens is 518 g/mol. The molecule has 0 radical (unpaired) electrons. The van der Waals surface area contributed by atoms with Crippen LogP contribution in [0.1, 0.15) is 58.3 Å². The minimum Gasteiger partial charge on any atom is -0.468 e. The lowest BCUT2D eigenvalue weighted by Gasteiger charge is -2.47. The number of nitrogens with one attached hydrogen (secondary N) is 3. The van der Waals surface area contributed by atoms with Crippen LogP contribution in [0.15, 0.2) is 11.8 Å². The largest absolute Gasteiger partial charge is 0.468 e. The first-order valence-electron chi connectivity index (χ1n) is 15.1. The molecule has 12 nitrogen and oxygen atoms in total. The van der Waals surface area contributed by atoms with Crippen molar-refractivity contribution in [2.75, 3.05) is 33.3 Å². The molecule has 2 aliphatic carbocycles. The van der Waals surface area contributed by atoms with Crippen molar-refractivity contribution < 1.29 is 34.0 Å². The quantitative estimate of drug-likeness (QED) is 0.151. The summed E-state index contributed by atoms with van der Waals surface area (Å²) in [5.41, 5.74) is 12.1. The summed E-state index contributed by atoms with van der Waals surface area (Å²) in [6.07, 6.45) is 3.08. The summed E-state index contributed by atoms with van der Waals surface area (Å²) in [5.74, 6) is 1.46. The Balaban J connectivity index is 1.40. The highest BCUT2D eigenvalue weighted by Crippen LogP contribution is 2.31. The van der Waals surface area contributed by atoms with Gasteiger partial charge in [0.25, 0.3) is 0 Å². The molecule has 0 spiro atoms. The maximum absolute atomic E-state index is 12.6. The molecule has 9 N–H and O–H groups in total. The van der Waals surface area contributed by atoms with Crippen LogP contribution in [-0.2, 0) is 23.7 Å². The number of carbonyl (C=O) groups is 1. The summed E-state index contributed by atoms with van der Waals surface area (Å²) >= 11 is 0. The van der Waals surface area contributed by atoms with Gasteiger partial charge in [0.15, 0.2) is 12.6 Å². The van der Waals surface area contributed by atoms with E-state index in [4.69, 9.17) is 30.4 Å². The standard InChI is InChI=1S/C28H51N5O7/c1-16-15-37-28(24(35)23(16)31-2)40-27-20(33-21(34)9-5-11-29)12-19(30)26(25(27)36)39-22-10-4-8-18(38-22)14-32-13-17-6-3-7-17/h8,16-17,19-20,22-28,31-32,35-36H,3-7,9-15,29-30H2,1-2H3,(H,33,34)/t16-,19+,20-,22-,23+,24-,25+,26-,27+,28-/m1/s1. The Morgan fingerprint density at radius 1 is 1.18 bits per heavy atom. The number of allylic oxidation sites excluding steroid dienone is 1. The smallest absolute Gasteiger partial charge is 0.220 e. The SMILES string of the molecule is CN[C@@H]1[C@@H](O)[C@@H](O[C@@H]2[C@@H](O)[C@H](O[C@@H]3CCC=C(CNCC4CCC4)O3)[C@@H](N)C[C@H]2NC(=O)CCCN)OC[C@H]1C. The van der Waals surface area contributed by atoms with Gasteiger partial charge in [-0.25, -0.2) is 0 Å². The number of hydrogen-bond donors (Lipinski definition) is 7. The fourth-order valence-corrected chi connectivity index (χ4v) is 6.10. The van der Waals surface area contributed by atoms with Crippen LogP contribution in [0.3, 0.4) is 0 Å². The molecule has 3 fully saturated rings. The first-order valence-corrected chi connectivity index (χ1v) is 15.1. The average Bonchev–Trinajstić information content (AvgIpc) is 2.90. The van der Waals surface area contributed by atoms with Gasteiger partial charge in [0.1, 0.15) is 30.2 Å². The Kier molecular flexibility index (Phi) is 12.0. The first kappa shape index (κ1) is 31.6. The molecule has 12 heteroatoms. The molecule has 0 aromatic carbocycles. The molecule has 2 heterocycles. The highest BCUT2D eigenvalue weighted by molar-refractivity contribution is 5.76. The van der Waals surface area contributed by atoms with Gasteiger partial charge in [0.2, 0.25) is 5.91 Å². The van der Waals surface area contributed by atoms with Crippen molar-refractivity contribution in [3.05, 3.63) is 11.8 Å². The zero-order chi connectivity index (χ0) is 28.6. The van der Waals surface area contributed by atoms with Gasteiger partial charge in [-0.2, -0.15) is 0 Å². The van der Waals surface area contributed by atoms with Crippen LogP contribution >= 0.6 is 0 Å². The monoisotopic (exact) mass is 569 g/mol. The van der Waals surface area contributed by atoms with E-state index in [2.05, 4.69) is 22.0 Å². The summed E-state index contributed by atoms with van der Waals surface area (Å²) in [4.78, 5) is 12.6. The number of aliphatic hydroxyl groups is 2. The van der Waals surface area contributed by atoms with Gasteiger partial charge in [0, 0.05) is 24.9 Å². The van der Waals surface area contributed by atoms with Gasteiger partial charge in [-0.05, 0) is 70.2 Å². The lowest BCUT2D eigenvalue weighted by atomic mass is 9.83.